The SMILES string of the molecule is CC(C)CN(C)S(=O)(=O)NC(=O)c1cc(-n2c(=O)cc(C(F)(F)F)n(C)c2=O)c(F)cc1Cl. The van der Waals surface area contributed by atoms with Gasteiger partial charge in [-0.05, 0) is 18.1 Å². The molecule has 182 valence electrons. The number of alkyl halides is 3. The zero-order valence-electron chi connectivity index (χ0n) is 17.7. The molecular formula is C18H19ClF4N4O5S. The number of aromatic nitrogens is 2. The van der Waals surface area contributed by atoms with Crippen molar-refractivity contribution in [1.82, 2.24) is 18.2 Å². The fraction of sp³-hybridized carbons (Fsp3) is 0.389. The summed E-state index contributed by atoms with van der Waals surface area (Å²) in [5.41, 5.74) is -6.17. The lowest BCUT2D eigenvalue weighted by molar-refractivity contribution is -0.144. The lowest BCUT2D eigenvalue weighted by Crippen LogP contribution is -2.43. The average Bonchev–Trinajstić information content (AvgIpc) is 2.64. The number of hydrogen-bond donors (Lipinski definition) is 1. The Labute approximate surface area is 190 Å². The van der Waals surface area contributed by atoms with Gasteiger partial charge in [0.2, 0.25) is 0 Å². The van der Waals surface area contributed by atoms with Crippen molar-refractivity contribution >= 4 is 27.7 Å². The van der Waals surface area contributed by atoms with Crippen LogP contribution < -0.4 is 16.0 Å². The highest BCUT2D eigenvalue weighted by Crippen LogP contribution is 2.27. The molecule has 0 aliphatic carbocycles. The van der Waals surface area contributed by atoms with Gasteiger partial charge >= 0.3 is 22.1 Å². The number of nitrogens with zero attached hydrogens (tertiary/aromatic N) is 3. The lowest BCUT2D eigenvalue weighted by Gasteiger charge is -2.20. The zero-order chi connectivity index (χ0) is 25.5. The highest BCUT2D eigenvalue weighted by atomic mass is 35.5. The Morgan fingerprint density at radius 1 is 1.21 bits per heavy atom. The van der Waals surface area contributed by atoms with Crippen LogP contribution in [0.1, 0.15) is 29.9 Å². The third-order valence-corrected chi connectivity index (χ3v) is 6.11. The molecule has 0 unspecified atom stereocenters. The van der Waals surface area contributed by atoms with Gasteiger partial charge in [0.1, 0.15) is 11.5 Å². The topological polar surface area (TPSA) is 110 Å². The van der Waals surface area contributed by atoms with Gasteiger partial charge in [-0.2, -0.15) is 25.9 Å². The van der Waals surface area contributed by atoms with Crippen LogP contribution in [-0.2, 0) is 23.4 Å². The molecule has 0 radical (unpaired) electrons. The van der Waals surface area contributed by atoms with E-state index in [2.05, 4.69) is 0 Å². The van der Waals surface area contributed by atoms with Gasteiger partial charge in [-0.1, -0.05) is 25.4 Å². The van der Waals surface area contributed by atoms with E-state index in [1.807, 2.05) is 0 Å². The number of carbonyl (C=O) groups excluding carboxylic acids is 1. The summed E-state index contributed by atoms with van der Waals surface area (Å²) in [4.78, 5) is 37.2. The van der Waals surface area contributed by atoms with Crippen LogP contribution in [0.4, 0.5) is 17.6 Å². The van der Waals surface area contributed by atoms with Crippen molar-refractivity contribution in [2.45, 2.75) is 20.0 Å². The van der Waals surface area contributed by atoms with Crippen LogP contribution in [0, 0.1) is 11.7 Å². The summed E-state index contributed by atoms with van der Waals surface area (Å²) < 4.78 is 81.0. The van der Waals surface area contributed by atoms with E-state index in [-0.39, 0.29) is 27.7 Å². The van der Waals surface area contributed by atoms with Gasteiger partial charge in [-0.15, -0.1) is 0 Å². The van der Waals surface area contributed by atoms with E-state index in [0.717, 1.165) is 11.4 Å². The van der Waals surface area contributed by atoms with Gasteiger partial charge in [0.25, 0.3) is 11.5 Å². The van der Waals surface area contributed by atoms with Crippen LogP contribution in [0.15, 0.2) is 27.8 Å². The van der Waals surface area contributed by atoms with Crippen molar-refractivity contribution < 1.29 is 30.8 Å². The molecule has 1 N–H and O–H groups in total. The summed E-state index contributed by atoms with van der Waals surface area (Å²) in [7, 11) is -2.40. The number of carbonyl (C=O) groups is 1. The fourth-order valence-corrected chi connectivity index (χ4v) is 4.10. The summed E-state index contributed by atoms with van der Waals surface area (Å²) >= 11 is 5.84. The molecule has 1 aromatic carbocycles. The number of nitrogens with one attached hydrogen (secondary N) is 1. The zero-order valence-corrected chi connectivity index (χ0v) is 19.3. The normalized spacial score (nSPS) is 12.5. The number of amides is 1. The van der Waals surface area contributed by atoms with Gasteiger partial charge in [0.15, 0.2) is 0 Å². The van der Waals surface area contributed by atoms with Gasteiger partial charge in [0.05, 0.1) is 16.3 Å². The molecule has 1 aromatic heterocycles. The van der Waals surface area contributed by atoms with E-state index in [1.165, 1.54) is 7.05 Å². The first-order valence-corrected chi connectivity index (χ1v) is 11.0. The summed E-state index contributed by atoms with van der Waals surface area (Å²) in [5.74, 6) is -2.70. The lowest BCUT2D eigenvalue weighted by atomic mass is 10.1. The molecule has 1 amide bonds. The molecule has 0 saturated carbocycles. The average molecular weight is 515 g/mol. The third-order valence-electron chi connectivity index (χ3n) is 4.39. The molecule has 9 nitrogen and oxygen atoms in total. The monoisotopic (exact) mass is 514 g/mol. The van der Waals surface area contributed by atoms with Crippen LogP contribution in [0.5, 0.6) is 0 Å². The predicted octanol–water partition coefficient (Wildman–Crippen LogP) is 1.91. The maximum Gasteiger partial charge on any atom is 0.431 e. The molecule has 0 spiro atoms. The first kappa shape index (κ1) is 26.5. The maximum absolute atomic E-state index is 14.5. The number of halogens is 5. The standard InChI is InChI=1S/C18H19ClF4N4O5S/c1-9(2)8-25(3)33(31,32)24-16(29)10-5-13(12(20)6-11(10)19)27-15(28)7-14(18(21,22)23)26(4)17(27)30/h5-7,9H,8H2,1-4H3,(H,24,29). The molecule has 2 rings (SSSR count). The van der Waals surface area contributed by atoms with Crippen molar-refractivity contribution in [3.63, 3.8) is 0 Å². The predicted molar refractivity (Wildman–Crippen MR) is 111 cm³/mol. The molecule has 0 aliphatic heterocycles. The summed E-state index contributed by atoms with van der Waals surface area (Å²) in [6.45, 7) is 3.53. The molecule has 33 heavy (non-hydrogen) atoms. The Kier molecular flexibility index (Phi) is 7.45. The molecule has 1 heterocycles. The molecule has 0 bridgehead atoms. The van der Waals surface area contributed by atoms with Gasteiger partial charge in [-0.25, -0.2) is 18.5 Å². The highest BCUT2D eigenvalue weighted by Gasteiger charge is 2.35. The second-order valence-corrected chi connectivity index (χ2v) is 9.62. The van der Waals surface area contributed by atoms with E-state index in [1.54, 1.807) is 18.6 Å². The molecule has 0 fully saturated rings. The smallest absolute Gasteiger partial charge is 0.292 e. The van der Waals surface area contributed by atoms with Crippen LogP contribution in [0.2, 0.25) is 5.02 Å². The Hall–Kier alpha value is -2.71. The van der Waals surface area contributed by atoms with Crippen molar-refractivity contribution in [1.29, 1.82) is 0 Å². The first-order valence-electron chi connectivity index (χ1n) is 9.15. The Bertz CT molecular complexity index is 1320. The van der Waals surface area contributed by atoms with E-state index in [4.69, 9.17) is 11.6 Å². The van der Waals surface area contributed by atoms with Crippen molar-refractivity contribution in [3.8, 4) is 5.69 Å². The van der Waals surface area contributed by atoms with Crippen LogP contribution in [0.3, 0.4) is 0 Å². The van der Waals surface area contributed by atoms with Crippen molar-refractivity contribution in [2.24, 2.45) is 13.0 Å². The number of rotatable bonds is 6. The second kappa shape index (κ2) is 9.27. The molecule has 15 heteroatoms. The third kappa shape index (κ3) is 5.62. The van der Waals surface area contributed by atoms with E-state index in [0.29, 0.717) is 12.1 Å². The van der Waals surface area contributed by atoms with Gasteiger partial charge in [0, 0.05) is 26.7 Å². The Balaban J connectivity index is 2.62. The second-order valence-electron chi connectivity index (χ2n) is 7.44. The minimum Gasteiger partial charge on any atom is -0.292 e. The number of benzene rings is 1. The Morgan fingerprint density at radius 3 is 2.30 bits per heavy atom. The Morgan fingerprint density at radius 2 is 1.79 bits per heavy atom. The maximum atomic E-state index is 14.5. The molecule has 0 aliphatic rings. The first-order chi connectivity index (χ1) is 15.0. The van der Waals surface area contributed by atoms with E-state index < -0.39 is 61.3 Å². The summed E-state index contributed by atoms with van der Waals surface area (Å²) in [6.07, 6.45) is -5.04. The summed E-state index contributed by atoms with van der Waals surface area (Å²) in [5, 5.41) is -0.563. The van der Waals surface area contributed by atoms with Crippen molar-refractivity contribution in [2.75, 3.05) is 13.6 Å². The fourth-order valence-electron chi connectivity index (χ4n) is 2.86. The quantitative estimate of drug-likeness (QED) is 0.592. The van der Waals surface area contributed by atoms with Crippen LogP contribution >= 0.6 is 11.6 Å². The molecule has 0 saturated heterocycles. The van der Waals surface area contributed by atoms with Gasteiger partial charge in [-0.3, -0.25) is 14.2 Å². The minimum absolute atomic E-state index is 0.0575. The minimum atomic E-state index is -5.04. The molecule has 2 aromatic rings. The van der Waals surface area contributed by atoms with Crippen LogP contribution in [0.25, 0.3) is 5.69 Å². The summed E-state index contributed by atoms with van der Waals surface area (Å²) in [6, 6.07) is 1.21. The largest absolute Gasteiger partial charge is 0.431 e. The van der Waals surface area contributed by atoms with Crippen molar-refractivity contribution in [3.05, 3.63) is 61.1 Å². The molecular weight excluding hydrogens is 496 g/mol. The van der Waals surface area contributed by atoms with E-state index >= 15 is 0 Å². The molecule has 0 atom stereocenters. The highest BCUT2D eigenvalue weighted by molar-refractivity contribution is 7.87. The van der Waals surface area contributed by atoms with Gasteiger partial charge < -0.3 is 0 Å². The van der Waals surface area contributed by atoms with E-state index in [9.17, 15) is 40.4 Å². The number of hydrogen-bond acceptors (Lipinski definition) is 5. The van der Waals surface area contributed by atoms with Crippen LogP contribution in [-0.4, -0.2) is 41.4 Å².